The van der Waals surface area contributed by atoms with Crippen LogP contribution in [0.4, 0.5) is 34.1 Å². The van der Waals surface area contributed by atoms with Gasteiger partial charge in [0, 0.05) is 127 Å². The van der Waals surface area contributed by atoms with E-state index >= 15 is 0 Å². The molecule has 0 unspecified atom stereocenters. The van der Waals surface area contributed by atoms with Crippen molar-refractivity contribution in [3.05, 3.63) is 312 Å². The molecule has 0 atom stereocenters. The van der Waals surface area contributed by atoms with Crippen molar-refractivity contribution in [2.24, 2.45) is 0 Å². The molecule has 14 heteroatoms. The molecule has 0 saturated heterocycles. The number of nitrogens with zero attached hydrogens (tertiary/aromatic N) is 5. The Kier molecular flexibility index (Phi) is 12.6. The normalized spacial score (nSPS) is 13.7. The van der Waals surface area contributed by atoms with Crippen molar-refractivity contribution in [2.45, 2.75) is 41.5 Å². The highest BCUT2D eigenvalue weighted by molar-refractivity contribution is 7.34. The van der Waals surface area contributed by atoms with Gasteiger partial charge in [0.1, 0.15) is 46.0 Å². The molecular weight excluding hydrogens is 1430 g/mol. The van der Waals surface area contributed by atoms with Crippen LogP contribution in [-0.4, -0.2) is 33.8 Å². The van der Waals surface area contributed by atoms with Crippen LogP contribution in [-0.2, 0) is 0 Å². The molecule has 0 bridgehead atoms. The van der Waals surface area contributed by atoms with Crippen LogP contribution >= 0.6 is 22.7 Å². The van der Waals surface area contributed by atoms with Gasteiger partial charge in [-0.25, -0.2) is 0 Å². The van der Waals surface area contributed by atoms with Crippen molar-refractivity contribution in [3.63, 3.8) is 0 Å². The minimum Gasteiger partial charge on any atom is -0.458 e. The summed E-state index contributed by atoms with van der Waals surface area (Å²) in [5, 5.41) is 9.37. The summed E-state index contributed by atoms with van der Waals surface area (Å²) in [6, 6.07) is 104. The van der Waals surface area contributed by atoms with Gasteiger partial charge < -0.3 is 42.4 Å². The third-order valence-electron chi connectivity index (χ3n) is 25.5. The Morgan fingerprint density at radius 3 is 0.947 bits per heavy atom. The number of hydrogen-bond acceptors (Lipinski definition) is 8. The highest BCUT2D eigenvalue weighted by Crippen LogP contribution is 2.53. The quantitative estimate of drug-likeness (QED) is 0.160. The lowest BCUT2D eigenvalue weighted by Crippen LogP contribution is -2.64. The summed E-state index contributed by atoms with van der Waals surface area (Å²) >= 11 is 3.68. The van der Waals surface area contributed by atoms with E-state index in [4.69, 9.17) is 18.9 Å². The maximum absolute atomic E-state index is 8.15. The first-order chi connectivity index (χ1) is 56.0. The smallest absolute Gasteiger partial charge is 0.273 e. The Labute approximate surface area is 665 Å². The maximum Gasteiger partial charge on any atom is 0.273 e. The SMILES string of the molecule is Cc1cc(C)c(N2c3cc4c(cc3B3c5cc6c(cc5Oc5cc(-n7c8ccccc8c8ccccc87)cc2c53)N(c2c(C)cc(C)cc2C)c2cc(-n3c5ccccc5c5ccccc53)cc3c2B6c2sc5ccccc5c2O3)B2c3sc5ccccc5c3Oc3cc(-n5c6ccccc6c6ccccc65)cc(c32)O4)c(C)c1. The van der Waals surface area contributed by atoms with Crippen LogP contribution in [0.1, 0.15) is 33.4 Å². The number of hydrogen-bond donors (Lipinski definition) is 0. The zero-order chi connectivity index (χ0) is 75.1. The summed E-state index contributed by atoms with van der Waals surface area (Å²) in [6.07, 6.45) is 0. The lowest BCUT2D eigenvalue weighted by molar-refractivity contribution is 0.467. The molecule has 20 aromatic rings. The molecule has 15 aromatic carbocycles. The molecule has 26 rings (SSSR count). The number of aryl methyl sites for hydroxylation is 6. The molecule has 0 spiro atoms. The molecule has 6 aliphatic heterocycles. The Morgan fingerprint density at radius 1 is 0.254 bits per heavy atom. The number of benzene rings is 15. The van der Waals surface area contributed by atoms with E-state index in [0.717, 1.165) is 179 Å². The largest absolute Gasteiger partial charge is 0.458 e. The molecule has 0 saturated carbocycles. The maximum atomic E-state index is 8.15. The van der Waals surface area contributed by atoms with Gasteiger partial charge in [0.25, 0.3) is 20.1 Å². The second-order valence-electron chi connectivity index (χ2n) is 32.1. The fourth-order valence-corrected chi connectivity index (χ4v) is 23.8. The van der Waals surface area contributed by atoms with Crippen molar-refractivity contribution in [3.8, 4) is 63.1 Å². The second-order valence-corrected chi connectivity index (χ2v) is 34.2. The van der Waals surface area contributed by atoms with Crippen LogP contribution < -0.4 is 76.5 Å². The van der Waals surface area contributed by atoms with E-state index in [1.807, 2.05) is 22.7 Å². The minimum absolute atomic E-state index is 0.255. The summed E-state index contributed by atoms with van der Waals surface area (Å²) < 4.78 is 43.2. The van der Waals surface area contributed by atoms with Gasteiger partial charge in [-0.1, -0.05) is 181 Å². The Bertz CT molecular complexity index is 7650. The van der Waals surface area contributed by atoms with E-state index in [1.54, 1.807) is 0 Å². The number of thiophene rings is 2. The molecule has 5 aromatic heterocycles. The van der Waals surface area contributed by atoms with E-state index in [-0.39, 0.29) is 20.1 Å². The van der Waals surface area contributed by atoms with E-state index in [2.05, 4.69) is 344 Å². The van der Waals surface area contributed by atoms with Gasteiger partial charge in [-0.05, 0) is 169 Å². The number of ether oxygens (including phenoxy) is 4. The van der Waals surface area contributed by atoms with Crippen LogP contribution in [0, 0.1) is 41.5 Å². The molecule has 0 fully saturated rings. The highest BCUT2D eigenvalue weighted by atomic mass is 32.1. The number of rotatable bonds is 5. The average Bonchev–Trinajstić information content (AvgIpc) is 0.924. The third-order valence-corrected chi connectivity index (χ3v) is 27.9. The average molecular weight is 1500 g/mol. The van der Waals surface area contributed by atoms with Crippen LogP contribution in [0.25, 0.3) is 103 Å². The Hall–Kier alpha value is -13.4. The summed E-state index contributed by atoms with van der Waals surface area (Å²) in [5.41, 5.74) is 31.1. The predicted molar refractivity (Wildman–Crippen MR) is 478 cm³/mol. The molecule has 11 heterocycles. The fourth-order valence-electron chi connectivity index (χ4n) is 21.3. The molecular formula is C100H64B3N5O4S2. The Balaban J connectivity index is 0.778. The monoisotopic (exact) mass is 1500 g/mol. The van der Waals surface area contributed by atoms with E-state index in [0.29, 0.717) is 0 Å². The molecule has 9 nitrogen and oxygen atoms in total. The molecule has 0 N–H and O–H groups in total. The Morgan fingerprint density at radius 2 is 0.553 bits per heavy atom. The summed E-state index contributed by atoms with van der Waals surface area (Å²) in [4.78, 5) is 5.16. The van der Waals surface area contributed by atoms with Crippen molar-refractivity contribution in [2.75, 3.05) is 9.80 Å². The molecule has 0 radical (unpaired) electrons. The van der Waals surface area contributed by atoms with Crippen LogP contribution in [0.3, 0.4) is 0 Å². The fraction of sp³-hybridized carbons (Fsp3) is 0.0600. The van der Waals surface area contributed by atoms with Crippen molar-refractivity contribution in [1.29, 1.82) is 0 Å². The summed E-state index contributed by atoms with van der Waals surface area (Å²) in [5.74, 6) is 6.62. The molecule has 114 heavy (non-hydrogen) atoms. The van der Waals surface area contributed by atoms with Crippen LogP contribution in [0.2, 0.25) is 0 Å². The van der Waals surface area contributed by atoms with Gasteiger partial charge in [-0.2, -0.15) is 0 Å². The van der Waals surface area contributed by atoms with Gasteiger partial charge in [0.05, 0.1) is 61.5 Å². The summed E-state index contributed by atoms with van der Waals surface area (Å²) in [6.45, 7) is 12.7. The van der Waals surface area contributed by atoms with Crippen molar-refractivity contribution < 1.29 is 18.9 Å². The minimum atomic E-state index is -0.379. The zero-order valence-corrected chi connectivity index (χ0v) is 64.6. The second kappa shape index (κ2) is 22.7. The third kappa shape index (κ3) is 8.39. The van der Waals surface area contributed by atoms with Crippen LogP contribution in [0.15, 0.2) is 279 Å². The van der Waals surface area contributed by atoms with E-state index in [1.165, 1.54) is 85.3 Å². The predicted octanol–water partition coefficient (Wildman–Crippen LogP) is 20.8. The van der Waals surface area contributed by atoms with Gasteiger partial charge in [0.15, 0.2) is 0 Å². The first-order valence-corrected chi connectivity index (χ1v) is 41.0. The number of fused-ring (bicyclic) bond motifs is 25. The lowest BCUT2D eigenvalue weighted by atomic mass is 9.30. The van der Waals surface area contributed by atoms with Gasteiger partial charge in [0.2, 0.25) is 0 Å². The first kappa shape index (κ1) is 63.3. The lowest BCUT2D eigenvalue weighted by Gasteiger charge is -2.44. The highest BCUT2D eigenvalue weighted by Gasteiger charge is 2.51. The number of anilines is 6. The molecule has 6 aliphatic rings. The van der Waals surface area contributed by atoms with Crippen molar-refractivity contribution in [1.82, 2.24) is 13.7 Å². The van der Waals surface area contributed by atoms with Gasteiger partial charge in [-0.3, -0.25) is 0 Å². The topological polar surface area (TPSA) is 58.2 Å². The summed E-state index contributed by atoms with van der Waals surface area (Å²) in [7, 11) is 0. The number of aromatic nitrogens is 3. The van der Waals surface area contributed by atoms with E-state index < -0.39 is 0 Å². The molecule has 0 aliphatic carbocycles. The molecule has 534 valence electrons. The van der Waals surface area contributed by atoms with Crippen molar-refractivity contribution >= 4 is 210 Å². The van der Waals surface area contributed by atoms with Gasteiger partial charge in [-0.15, -0.1) is 22.7 Å². The number of para-hydroxylation sites is 6. The van der Waals surface area contributed by atoms with Gasteiger partial charge >= 0.3 is 0 Å². The standard InChI is InChI=1S/C100H64B3N5O4S2/c1-53-39-55(3)95(56(4)40-53)107-80-51-85-73(103-94-88(110-85)47-61(48-89(94)112-98-69-30-14-22-38-91(69)114-100(98)103)106-78-35-19-11-27-66(78)67-28-12-20-36-79(67)106)49-70(80)101-72-50-71-81(52-84(72)109-86-45-59(43-82(107)92(86)101)104-74-31-15-7-23-62(74)63-24-8-16-32-75(63)104)108(96-57(5)41-54(2)42-58(96)6)83-44-60(105-76-33-17-9-25-64(76)65-26-10-18-34-77(65)105)46-87-93(83)102(71)99-97(111-87)68-29-13-21-37-90(68)113-99/h7-52H,1-6H3. The molecule has 0 amide bonds. The first-order valence-electron chi connectivity index (χ1n) is 39.4. The van der Waals surface area contributed by atoms with Crippen LogP contribution in [0.5, 0.6) is 46.0 Å². The zero-order valence-electron chi connectivity index (χ0n) is 63.0. The van der Waals surface area contributed by atoms with E-state index in [9.17, 15) is 0 Å².